The maximum Gasteiger partial charge on any atom is 0.254 e. The van der Waals surface area contributed by atoms with Crippen LogP contribution >= 0.6 is 11.8 Å². The van der Waals surface area contributed by atoms with Crippen LogP contribution in [0.15, 0.2) is 16.0 Å². The number of nitrogens with one attached hydrogen (secondary N) is 1. The lowest BCUT2D eigenvalue weighted by molar-refractivity contribution is -0.122. The molecule has 7 heteroatoms. The highest BCUT2D eigenvalue weighted by Gasteiger charge is 2.27. The molecule has 21 heavy (non-hydrogen) atoms. The summed E-state index contributed by atoms with van der Waals surface area (Å²) >= 11 is 1.54. The number of ether oxygens (including phenoxy) is 1. The van der Waals surface area contributed by atoms with E-state index < -0.39 is 0 Å². The predicted molar refractivity (Wildman–Crippen MR) is 79.6 cm³/mol. The Morgan fingerprint density at radius 2 is 2.48 bits per heavy atom. The van der Waals surface area contributed by atoms with E-state index in [9.17, 15) is 9.59 Å². The van der Waals surface area contributed by atoms with Gasteiger partial charge in [0.2, 0.25) is 5.91 Å². The molecule has 0 aliphatic carbocycles. The summed E-state index contributed by atoms with van der Waals surface area (Å²) in [5.74, 6) is 0.690. The Bertz CT molecular complexity index is 596. The Morgan fingerprint density at radius 1 is 1.62 bits per heavy atom. The van der Waals surface area contributed by atoms with Gasteiger partial charge in [-0.3, -0.25) is 14.2 Å². The van der Waals surface area contributed by atoms with Crippen molar-refractivity contribution in [2.24, 2.45) is 0 Å². The van der Waals surface area contributed by atoms with Crippen LogP contribution < -0.4 is 10.9 Å². The summed E-state index contributed by atoms with van der Waals surface area (Å²) < 4.78 is 7.12. The number of hydrogen-bond acceptors (Lipinski definition) is 5. The van der Waals surface area contributed by atoms with Gasteiger partial charge in [0.05, 0.1) is 12.1 Å². The number of carbonyl (C=O) groups is 1. The van der Waals surface area contributed by atoms with Crippen molar-refractivity contribution in [1.82, 2.24) is 14.9 Å². The van der Waals surface area contributed by atoms with Crippen molar-refractivity contribution in [3.8, 4) is 0 Å². The quantitative estimate of drug-likeness (QED) is 0.836. The van der Waals surface area contributed by atoms with E-state index in [0.29, 0.717) is 13.0 Å². The fraction of sp³-hybridized carbons (Fsp3) is 0.643. The lowest BCUT2D eigenvalue weighted by Gasteiger charge is -2.15. The minimum Gasteiger partial charge on any atom is -0.376 e. The summed E-state index contributed by atoms with van der Waals surface area (Å²) in [5, 5.41) is 3.62. The van der Waals surface area contributed by atoms with Gasteiger partial charge in [-0.05, 0) is 19.8 Å². The second-order valence-corrected chi connectivity index (χ2v) is 6.48. The van der Waals surface area contributed by atoms with Crippen molar-refractivity contribution in [2.45, 2.75) is 43.5 Å². The minimum absolute atomic E-state index is 0.0311. The molecule has 6 nitrogen and oxygen atoms in total. The molecule has 114 valence electrons. The van der Waals surface area contributed by atoms with Crippen LogP contribution in [0, 0.1) is 6.92 Å². The monoisotopic (exact) mass is 309 g/mol. The molecule has 1 aromatic rings. The summed E-state index contributed by atoms with van der Waals surface area (Å²) in [6.07, 6.45) is 2.53. The number of hydrogen-bond donors (Lipinski definition) is 1. The summed E-state index contributed by atoms with van der Waals surface area (Å²) in [7, 11) is 0. The van der Waals surface area contributed by atoms with Crippen molar-refractivity contribution >= 4 is 17.7 Å². The molecule has 1 fully saturated rings. The van der Waals surface area contributed by atoms with Crippen LogP contribution in [0.5, 0.6) is 0 Å². The van der Waals surface area contributed by atoms with Gasteiger partial charge in [0.1, 0.15) is 0 Å². The molecule has 0 bridgehead atoms. The molecule has 0 spiro atoms. The van der Waals surface area contributed by atoms with Gasteiger partial charge in [-0.2, -0.15) is 0 Å². The van der Waals surface area contributed by atoms with Gasteiger partial charge in [-0.1, -0.05) is 11.8 Å². The first-order valence-electron chi connectivity index (χ1n) is 7.25. The molecule has 1 saturated heterocycles. The second-order valence-electron chi connectivity index (χ2n) is 5.50. The van der Waals surface area contributed by atoms with E-state index in [2.05, 4.69) is 10.3 Å². The van der Waals surface area contributed by atoms with Gasteiger partial charge < -0.3 is 10.1 Å². The molecular formula is C14H19N3O3S. The molecule has 2 aliphatic rings. The first-order valence-corrected chi connectivity index (χ1v) is 8.23. The summed E-state index contributed by atoms with van der Waals surface area (Å²) in [6.45, 7) is 3.16. The molecule has 0 aromatic carbocycles. The smallest absolute Gasteiger partial charge is 0.254 e. The van der Waals surface area contributed by atoms with Crippen LogP contribution in [0.2, 0.25) is 0 Å². The van der Waals surface area contributed by atoms with Crippen molar-refractivity contribution in [1.29, 1.82) is 0 Å². The Balaban J connectivity index is 1.60. The number of aryl methyl sites for hydroxylation is 1. The van der Waals surface area contributed by atoms with Crippen molar-refractivity contribution in [3.05, 3.63) is 22.1 Å². The SMILES string of the molecule is Cc1cc(=O)n2c(n1)SC[C@H]2CC(=O)NC[C@H]1CCCO1. The summed E-state index contributed by atoms with van der Waals surface area (Å²) in [4.78, 5) is 28.4. The molecule has 1 N–H and O–H groups in total. The maximum atomic E-state index is 12.0. The fourth-order valence-corrected chi connectivity index (χ4v) is 3.93. The first-order chi connectivity index (χ1) is 10.1. The molecular weight excluding hydrogens is 290 g/mol. The topological polar surface area (TPSA) is 73.2 Å². The van der Waals surface area contributed by atoms with Gasteiger partial charge in [-0.25, -0.2) is 4.98 Å². The molecule has 1 aromatic heterocycles. The zero-order valence-corrected chi connectivity index (χ0v) is 12.8. The Morgan fingerprint density at radius 3 is 3.24 bits per heavy atom. The lowest BCUT2D eigenvalue weighted by atomic mass is 10.2. The van der Waals surface area contributed by atoms with Gasteiger partial charge in [0, 0.05) is 37.1 Å². The Hall–Kier alpha value is -1.34. The van der Waals surface area contributed by atoms with Crippen molar-refractivity contribution in [2.75, 3.05) is 18.9 Å². The minimum atomic E-state index is -0.102. The van der Waals surface area contributed by atoms with E-state index >= 15 is 0 Å². The van der Waals surface area contributed by atoms with Crippen LogP contribution in [0.1, 0.15) is 31.0 Å². The van der Waals surface area contributed by atoms with Gasteiger partial charge >= 0.3 is 0 Å². The predicted octanol–water partition coefficient (Wildman–Crippen LogP) is 0.884. The third kappa shape index (κ3) is 3.29. The van der Waals surface area contributed by atoms with Crippen LogP contribution in [0.25, 0.3) is 0 Å². The van der Waals surface area contributed by atoms with Gasteiger partial charge in [0.15, 0.2) is 5.16 Å². The number of thioether (sulfide) groups is 1. The highest BCUT2D eigenvalue weighted by Crippen LogP contribution is 2.31. The lowest BCUT2D eigenvalue weighted by Crippen LogP contribution is -2.34. The number of amides is 1. The Labute approximate surface area is 127 Å². The van der Waals surface area contributed by atoms with Crippen LogP contribution in [-0.2, 0) is 9.53 Å². The van der Waals surface area contributed by atoms with Gasteiger partial charge in [0.25, 0.3) is 5.56 Å². The molecule has 3 rings (SSSR count). The van der Waals surface area contributed by atoms with E-state index in [1.165, 1.54) is 17.8 Å². The highest BCUT2D eigenvalue weighted by molar-refractivity contribution is 7.99. The van der Waals surface area contributed by atoms with E-state index in [1.54, 1.807) is 4.57 Å². The highest BCUT2D eigenvalue weighted by atomic mass is 32.2. The van der Waals surface area contributed by atoms with Crippen LogP contribution in [-0.4, -0.2) is 40.5 Å². The largest absolute Gasteiger partial charge is 0.376 e. The third-order valence-corrected chi connectivity index (χ3v) is 4.89. The third-order valence-electron chi connectivity index (χ3n) is 3.79. The molecule has 0 saturated carbocycles. The molecule has 0 unspecified atom stereocenters. The molecule has 2 aliphatic heterocycles. The van der Waals surface area contributed by atoms with Crippen LogP contribution in [0.4, 0.5) is 0 Å². The standard InChI is InChI=1S/C14H19N3O3S/c1-9-5-13(19)17-10(8-21-14(17)16-9)6-12(18)15-7-11-3-2-4-20-11/h5,10-11H,2-4,6-8H2,1H3,(H,15,18)/t10-,11-/m1/s1. The molecule has 3 heterocycles. The second kappa shape index (κ2) is 6.19. The van der Waals surface area contributed by atoms with Crippen molar-refractivity contribution in [3.63, 3.8) is 0 Å². The first kappa shape index (κ1) is 14.6. The number of rotatable bonds is 4. The zero-order chi connectivity index (χ0) is 14.8. The normalized spacial score (nSPS) is 24.0. The average molecular weight is 309 g/mol. The van der Waals surface area contributed by atoms with E-state index in [4.69, 9.17) is 4.74 Å². The van der Waals surface area contributed by atoms with E-state index in [1.807, 2.05) is 6.92 Å². The molecule has 2 atom stereocenters. The number of carbonyl (C=O) groups excluding carboxylic acids is 1. The van der Waals surface area contributed by atoms with E-state index in [0.717, 1.165) is 36.1 Å². The summed E-state index contributed by atoms with van der Waals surface area (Å²) in [6, 6.07) is 1.42. The fourth-order valence-electron chi connectivity index (χ4n) is 2.73. The maximum absolute atomic E-state index is 12.0. The van der Waals surface area contributed by atoms with Crippen LogP contribution in [0.3, 0.4) is 0 Å². The van der Waals surface area contributed by atoms with Crippen molar-refractivity contribution < 1.29 is 9.53 Å². The number of fused-ring (bicyclic) bond motifs is 1. The van der Waals surface area contributed by atoms with E-state index in [-0.39, 0.29) is 23.6 Å². The van der Waals surface area contributed by atoms with Gasteiger partial charge in [-0.15, -0.1) is 0 Å². The summed E-state index contributed by atoms with van der Waals surface area (Å²) in [5.41, 5.74) is 0.654. The molecule has 1 amide bonds. The zero-order valence-electron chi connectivity index (χ0n) is 12.0. The Kier molecular flexibility index (Phi) is 4.30. The number of nitrogens with zero attached hydrogens (tertiary/aromatic N) is 2. The molecule has 0 radical (unpaired) electrons. The average Bonchev–Trinajstić information content (AvgIpc) is 3.06. The number of aromatic nitrogens is 2.